The molecule has 6 aliphatic carbocycles. The number of aliphatic hydroxyl groups excluding tert-OH is 4. The molecule has 2 saturated heterocycles. The number of hydrogen-bond donors (Lipinski definition) is 7. The smallest absolute Gasteiger partial charge is 0.335 e. The van der Waals surface area contributed by atoms with Crippen LogP contribution in [0.2, 0.25) is 0 Å². The van der Waals surface area contributed by atoms with Gasteiger partial charge in [0.1, 0.15) is 47.4 Å². The van der Waals surface area contributed by atoms with Gasteiger partial charge in [0, 0.05) is 60.4 Å². The topological polar surface area (TPSA) is 223 Å². The molecule has 11 rings (SSSR count). The van der Waals surface area contributed by atoms with Gasteiger partial charge in [0.25, 0.3) is 0 Å². The molecule has 8 aliphatic rings. The van der Waals surface area contributed by atoms with Crippen molar-refractivity contribution < 1.29 is 67.8 Å². The fraction of sp³-hybridized carbons (Fsp3) is 0.644. The number of amides is 2. The molecule has 16 atom stereocenters. The third kappa shape index (κ3) is 11.4. The molecule has 2 amide bonds. The summed E-state index contributed by atoms with van der Waals surface area (Å²) < 4.78 is 42.1. The first-order valence-corrected chi connectivity index (χ1v) is 28.5. The molecule has 8 fully saturated rings. The summed E-state index contributed by atoms with van der Waals surface area (Å²) in [7, 11) is 6.44. The Hall–Kier alpha value is -4.51. The Kier molecular flexibility index (Phi) is 18.2. The first-order chi connectivity index (χ1) is 37.2. The van der Waals surface area contributed by atoms with Crippen molar-refractivity contribution in [2.75, 3.05) is 46.4 Å². The zero-order valence-corrected chi connectivity index (χ0v) is 49.1. The van der Waals surface area contributed by atoms with Gasteiger partial charge in [0.15, 0.2) is 0 Å². The summed E-state index contributed by atoms with van der Waals surface area (Å²) in [6.07, 6.45) is 0.552. The Morgan fingerprint density at radius 1 is 0.734 bits per heavy atom. The molecule has 17 nitrogen and oxygen atoms in total. The van der Waals surface area contributed by atoms with E-state index in [-0.39, 0.29) is 77.4 Å². The zero-order chi connectivity index (χ0) is 57.9. The van der Waals surface area contributed by atoms with Gasteiger partial charge in [-0.25, -0.2) is 13.6 Å². The van der Waals surface area contributed by atoms with E-state index in [2.05, 4.69) is 68.1 Å². The average Bonchev–Trinajstić information content (AvgIpc) is 4.13. The van der Waals surface area contributed by atoms with Crippen molar-refractivity contribution in [2.45, 2.75) is 143 Å². The van der Waals surface area contributed by atoms with Gasteiger partial charge in [0.05, 0.1) is 62.8 Å². The quantitative estimate of drug-likeness (QED) is 0.0711. The molecule has 6 saturated carbocycles. The number of anilines is 1. The zero-order valence-electron chi connectivity index (χ0n) is 47.5. The number of ether oxygens (including phenoxy) is 2. The van der Waals surface area contributed by atoms with Crippen molar-refractivity contribution in [3.8, 4) is 22.6 Å². The van der Waals surface area contributed by atoms with Crippen LogP contribution in [0.4, 0.5) is 14.5 Å². The maximum atomic E-state index is 15.6. The number of carboxylic acid groups (broad SMARTS) is 1. The third-order valence-electron chi connectivity index (χ3n) is 19.5. The summed E-state index contributed by atoms with van der Waals surface area (Å²) in [4.78, 5) is 53.4. The molecule has 436 valence electrons. The number of hydroxylamine groups is 4. The number of carbonyl (C=O) groups is 3. The average molecular weight is 1170 g/mol. The Morgan fingerprint density at radius 2 is 1.18 bits per heavy atom. The highest BCUT2D eigenvalue weighted by atomic mass is 79.9. The van der Waals surface area contributed by atoms with E-state index < -0.39 is 72.5 Å². The van der Waals surface area contributed by atoms with Gasteiger partial charge in [-0.1, -0.05) is 41.5 Å². The molecule has 3 aromatic carbocycles. The summed E-state index contributed by atoms with van der Waals surface area (Å²) in [5.74, 6) is -1.02. The number of nitrogens with zero attached hydrogens (tertiary/aromatic N) is 3. The van der Waals surface area contributed by atoms with Gasteiger partial charge < -0.3 is 50.5 Å². The molecule has 0 unspecified atom stereocenters. The van der Waals surface area contributed by atoms with Gasteiger partial charge >= 0.3 is 5.97 Å². The number of fused-ring (bicyclic) bond motifs is 4. The van der Waals surface area contributed by atoms with Crippen LogP contribution < -0.4 is 25.0 Å². The van der Waals surface area contributed by atoms with Crippen LogP contribution in [0.3, 0.4) is 0 Å². The molecule has 79 heavy (non-hydrogen) atoms. The number of aliphatic hydroxyl groups is 4. The fourth-order valence-corrected chi connectivity index (χ4v) is 15.1. The van der Waals surface area contributed by atoms with E-state index in [0.29, 0.717) is 62.0 Å². The number of methoxy groups -OCH3 is 2. The Labute approximate surface area is 471 Å². The van der Waals surface area contributed by atoms with E-state index >= 15 is 4.39 Å². The molecule has 0 aromatic heterocycles. The number of hydrogen-bond acceptors (Lipinski definition) is 14. The maximum Gasteiger partial charge on any atom is 0.335 e. The van der Waals surface area contributed by atoms with Crippen molar-refractivity contribution in [3.63, 3.8) is 0 Å². The van der Waals surface area contributed by atoms with Crippen molar-refractivity contribution in [3.05, 3.63) is 75.3 Å². The Bertz CT molecular complexity index is 2730. The van der Waals surface area contributed by atoms with Gasteiger partial charge in [-0.15, -0.1) is 0 Å². The first-order valence-electron chi connectivity index (χ1n) is 27.7. The summed E-state index contributed by atoms with van der Waals surface area (Å²) in [5.41, 5.74) is 2.53. The van der Waals surface area contributed by atoms with Crippen LogP contribution in [0.5, 0.6) is 11.5 Å². The van der Waals surface area contributed by atoms with Gasteiger partial charge in [-0.2, -0.15) is 10.1 Å². The molecule has 2 heterocycles. The largest absolute Gasteiger partial charge is 0.496 e. The number of nitrogens with one attached hydrogen (secondary N) is 2. The molecular weight excluding hydrogens is 1090 g/mol. The minimum Gasteiger partial charge on any atom is -0.496 e. The second kappa shape index (κ2) is 23.8. The number of benzene rings is 3. The van der Waals surface area contributed by atoms with Crippen molar-refractivity contribution in [1.29, 1.82) is 0 Å². The molecule has 4 bridgehead atoms. The van der Waals surface area contributed by atoms with Crippen LogP contribution in [-0.2, 0) is 32.4 Å². The number of carbonyl (C=O) groups excluding carboxylic acids is 2. The molecule has 20 heteroatoms. The van der Waals surface area contributed by atoms with Crippen molar-refractivity contribution in [2.24, 2.45) is 58.2 Å². The molecule has 0 spiro atoms. The Balaban J connectivity index is 0.000000216. The maximum absolute atomic E-state index is 15.6. The van der Waals surface area contributed by atoms with Crippen molar-refractivity contribution in [1.82, 2.24) is 20.8 Å². The molecule has 0 radical (unpaired) electrons. The monoisotopic (exact) mass is 1170 g/mol. The second-order valence-electron chi connectivity index (χ2n) is 24.6. The van der Waals surface area contributed by atoms with E-state index in [0.717, 1.165) is 19.3 Å². The molecule has 7 N–H and O–H groups in total. The summed E-state index contributed by atoms with van der Waals surface area (Å²) in [5, 5.41) is 60.3. The Morgan fingerprint density at radius 3 is 1.56 bits per heavy atom. The van der Waals surface area contributed by atoms with Crippen LogP contribution in [0.25, 0.3) is 11.1 Å². The van der Waals surface area contributed by atoms with Gasteiger partial charge in [-0.3, -0.25) is 19.3 Å². The summed E-state index contributed by atoms with van der Waals surface area (Å²) in [6, 6.07) is 8.60. The first kappa shape index (κ1) is 60.6. The van der Waals surface area contributed by atoms with Crippen LogP contribution in [0, 0.1) is 69.8 Å². The van der Waals surface area contributed by atoms with E-state index in [1.165, 1.54) is 55.0 Å². The second-order valence-corrected chi connectivity index (χ2v) is 25.4. The highest BCUT2D eigenvalue weighted by molar-refractivity contribution is 9.10. The lowest BCUT2D eigenvalue weighted by molar-refractivity contribution is -0.184. The predicted molar refractivity (Wildman–Crippen MR) is 295 cm³/mol. The normalized spacial score (nSPS) is 32.1. The van der Waals surface area contributed by atoms with Crippen LogP contribution in [0.15, 0.2) is 46.9 Å². The highest BCUT2D eigenvalue weighted by Gasteiger charge is 2.59. The molecule has 2 aliphatic heterocycles. The lowest BCUT2D eigenvalue weighted by atomic mass is 9.45. The summed E-state index contributed by atoms with van der Waals surface area (Å²) in [6.45, 7) is 15.6. The van der Waals surface area contributed by atoms with E-state index in [9.17, 15) is 44.3 Å². The lowest BCUT2D eigenvalue weighted by Gasteiger charge is -2.62. The summed E-state index contributed by atoms with van der Waals surface area (Å²) >= 11 is 3.38. The third-order valence-corrected chi connectivity index (χ3v) is 20.1. The molecular formula is C59H82BrF2N5O12. The van der Waals surface area contributed by atoms with Crippen molar-refractivity contribution >= 4 is 39.4 Å². The number of rotatable bonds is 17. The van der Waals surface area contributed by atoms with E-state index in [1.54, 1.807) is 51.0 Å². The number of aromatic carboxylic acids is 1. The highest BCUT2D eigenvalue weighted by Crippen LogP contribution is 2.62. The van der Waals surface area contributed by atoms with Gasteiger partial charge in [-0.05, 0) is 150 Å². The van der Waals surface area contributed by atoms with Crippen LogP contribution in [0.1, 0.15) is 103 Å². The standard InChI is InChI=1S/C34H46FN3O7.C25H36BrFN2O5/c1-17-25-13-21(34(25,3)4)14-27(17)36-32(41)30-29(18(2)40)28(16-39)45-38(30)15-24-26(35)9-8-23(31(24)44-7)19-10-20(33(42)43)12-22(11-19)37(5)6;1-12-16-8-14(25(16,3)4)9-19(12)28-24(32)22-21(13(2)31)20(11-30)34-29(22)10-15-18(27)7-6-17(26)23(15)33-5/h8-12,17-18,21,25,27-30,39-40H,13-16H2,1-7H3,(H,36,41)(H,42,43);6-7,12-14,16,19-22,30-31H,8-11H2,1-5H3,(H,28,32)/t17-,18-,21+,25-,27-,28-,29+,30-;12-,13-,14+,16-,19-,20-,21+,22-/m00/s1. The van der Waals surface area contributed by atoms with E-state index in [1.807, 2.05) is 0 Å². The molecule has 3 aromatic rings. The van der Waals surface area contributed by atoms with Crippen LogP contribution >= 0.6 is 15.9 Å². The fourth-order valence-electron chi connectivity index (χ4n) is 14.6. The number of halogens is 3. The SMILES string of the molecule is COc1c(-c2cc(C(=O)O)cc(N(C)C)c2)ccc(F)c1CN1O[C@@H](CO)[C@@H]([C@H](C)O)[C@H]1C(=O)N[C@H]1C[C@H]2C[C@@H]([C@@H]1C)C2(C)C.COc1c(Br)ccc(F)c1CN1O[C@@H](CO)[C@@H]([C@H](C)O)[C@H]1C(=O)N[C@H]1C[C@H]2C[C@@H]([C@@H]1C)C2(C)C. The van der Waals surface area contributed by atoms with Gasteiger partial charge in [0.2, 0.25) is 11.8 Å². The minimum atomic E-state index is -1.10. The van der Waals surface area contributed by atoms with Crippen LogP contribution in [-0.4, -0.2) is 144 Å². The minimum absolute atomic E-state index is 0.0334. The predicted octanol–water partition coefficient (Wildman–Crippen LogP) is 7.18. The lowest BCUT2D eigenvalue weighted by Crippen LogP contribution is -2.62. The van der Waals surface area contributed by atoms with E-state index in [4.69, 9.17) is 19.1 Å². The number of carboxylic acids is 1.